The van der Waals surface area contributed by atoms with Crippen LogP contribution in [0.2, 0.25) is 0 Å². The summed E-state index contributed by atoms with van der Waals surface area (Å²) in [6.07, 6.45) is 14.0. The molecular formula is C28H42N2O. The van der Waals surface area contributed by atoms with Gasteiger partial charge >= 0.3 is 0 Å². The summed E-state index contributed by atoms with van der Waals surface area (Å²) in [5.74, 6) is 3.77. The second kappa shape index (κ2) is 8.37. The van der Waals surface area contributed by atoms with Crippen molar-refractivity contribution < 1.29 is 4.74 Å². The van der Waals surface area contributed by atoms with Gasteiger partial charge in [-0.05, 0) is 137 Å². The van der Waals surface area contributed by atoms with Crippen molar-refractivity contribution in [2.24, 2.45) is 17.3 Å². The molecule has 170 valence electrons. The first-order valence-corrected chi connectivity index (χ1v) is 13.4. The number of rotatable bonds is 5. The first-order valence-electron chi connectivity index (χ1n) is 13.4. The number of hydrogen-bond donors (Lipinski definition) is 0. The highest BCUT2D eigenvalue weighted by Gasteiger charge is 2.56. The molecule has 2 saturated carbocycles. The van der Waals surface area contributed by atoms with E-state index in [2.05, 4.69) is 34.9 Å². The molecule has 0 N–H and O–H groups in total. The smallest absolute Gasteiger partial charge is 0.119 e. The second-order valence-electron chi connectivity index (χ2n) is 11.6. The number of likely N-dealkylation sites (tertiary alicyclic amines) is 2. The highest BCUT2D eigenvalue weighted by Crippen LogP contribution is 2.62. The van der Waals surface area contributed by atoms with E-state index in [1.807, 2.05) is 0 Å². The highest BCUT2D eigenvalue weighted by molar-refractivity contribution is 5.40. The van der Waals surface area contributed by atoms with Gasteiger partial charge in [-0.15, -0.1) is 0 Å². The minimum atomic E-state index is 0.571. The third kappa shape index (κ3) is 3.64. The van der Waals surface area contributed by atoms with Gasteiger partial charge in [0, 0.05) is 12.6 Å². The molecule has 0 radical (unpaired) electrons. The molecule has 31 heavy (non-hydrogen) atoms. The number of aryl methyl sites for hydroxylation is 1. The normalized spacial score (nSPS) is 38.1. The molecule has 2 aliphatic heterocycles. The molecule has 3 aliphatic carbocycles. The Labute approximate surface area is 189 Å². The Morgan fingerprint density at radius 1 is 0.968 bits per heavy atom. The first-order chi connectivity index (χ1) is 15.2. The average molecular weight is 423 g/mol. The van der Waals surface area contributed by atoms with Gasteiger partial charge in [0.25, 0.3) is 0 Å². The van der Waals surface area contributed by atoms with E-state index in [9.17, 15) is 0 Å². The number of hydrogen-bond acceptors (Lipinski definition) is 3. The summed E-state index contributed by atoms with van der Waals surface area (Å²) in [6.45, 7) is 9.85. The fourth-order valence-electron chi connectivity index (χ4n) is 8.57. The third-order valence-electron chi connectivity index (χ3n) is 10.1. The molecule has 6 rings (SSSR count). The lowest BCUT2D eigenvalue weighted by molar-refractivity contribution is 0.00683. The van der Waals surface area contributed by atoms with E-state index in [-0.39, 0.29) is 0 Å². The molecule has 0 aromatic heterocycles. The summed E-state index contributed by atoms with van der Waals surface area (Å²) in [7, 11) is 0. The molecule has 1 aromatic carbocycles. The first kappa shape index (κ1) is 20.5. The van der Waals surface area contributed by atoms with Gasteiger partial charge in [0.2, 0.25) is 0 Å². The van der Waals surface area contributed by atoms with Crippen LogP contribution in [-0.2, 0) is 6.42 Å². The Morgan fingerprint density at radius 2 is 1.77 bits per heavy atom. The van der Waals surface area contributed by atoms with Gasteiger partial charge in [0.1, 0.15) is 12.4 Å². The van der Waals surface area contributed by atoms with E-state index in [0.717, 1.165) is 42.7 Å². The van der Waals surface area contributed by atoms with Crippen LogP contribution in [0.3, 0.4) is 0 Å². The molecule has 0 unspecified atom stereocenters. The van der Waals surface area contributed by atoms with Gasteiger partial charge in [-0.3, -0.25) is 9.80 Å². The van der Waals surface area contributed by atoms with Crippen LogP contribution < -0.4 is 4.74 Å². The predicted octanol–water partition coefficient (Wildman–Crippen LogP) is 5.48. The molecule has 1 aromatic rings. The van der Waals surface area contributed by atoms with Crippen molar-refractivity contribution in [1.29, 1.82) is 0 Å². The lowest BCUT2D eigenvalue weighted by Crippen LogP contribution is -2.49. The topological polar surface area (TPSA) is 15.7 Å². The zero-order chi connectivity index (χ0) is 20.8. The lowest BCUT2D eigenvalue weighted by Gasteiger charge is -2.52. The van der Waals surface area contributed by atoms with Crippen molar-refractivity contribution in [3.63, 3.8) is 0 Å². The molecular weight excluding hydrogens is 380 g/mol. The SMILES string of the molecule is C[C@]12CC[C@@H]3c4ccc(OCCN5CCCC5)cc4CC[C@H]3[C@@H]1CC[C@@H]2N1CCCC1. The van der Waals surface area contributed by atoms with Gasteiger partial charge in [-0.25, -0.2) is 0 Å². The fraction of sp³-hybridized carbons (Fsp3) is 0.786. The van der Waals surface area contributed by atoms with E-state index < -0.39 is 0 Å². The van der Waals surface area contributed by atoms with E-state index in [4.69, 9.17) is 4.74 Å². The molecule has 0 amide bonds. The standard InChI is InChI=1S/C28H42N2O/c1-28-13-12-24-23-9-7-22(31-19-18-29-14-2-3-15-29)20-21(23)6-8-25(24)26(28)10-11-27(28)30-16-4-5-17-30/h7,9,20,24-27H,2-6,8,10-19H2,1H3/t24-,25-,26+,27+,28+/m1/s1. The zero-order valence-electron chi connectivity index (χ0n) is 19.7. The maximum absolute atomic E-state index is 6.18. The number of benzene rings is 1. The van der Waals surface area contributed by atoms with Crippen molar-refractivity contribution in [2.75, 3.05) is 39.3 Å². The van der Waals surface area contributed by atoms with Gasteiger partial charge in [-0.2, -0.15) is 0 Å². The monoisotopic (exact) mass is 422 g/mol. The molecule has 3 nitrogen and oxygen atoms in total. The summed E-state index contributed by atoms with van der Waals surface area (Å²) < 4.78 is 6.18. The van der Waals surface area contributed by atoms with Crippen molar-refractivity contribution in [3.8, 4) is 5.75 Å². The van der Waals surface area contributed by atoms with Crippen LogP contribution in [0, 0.1) is 17.3 Å². The maximum atomic E-state index is 6.18. The highest BCUT2D eigenvalue weighted by atomic mass is 16.5. The molecule has 3 heteroatoms. The maximum Gasteiger partial charge on any atom is 0.119 e. The predicted molar refractivity (Wildman–Crippen MR) is 127 cm³/mol. The van der Waals surface area contributed by atoms with Crippen LogP contribution in [0.4, 0.5) is 0 Å². The summed E-state index contributed by atoms with van der Waals surface area (Å²) in [6, 6.07) is 7.99. The van der Waals surface area contributed by atoms with Crippen LogP contribution in [0.5, 0.6) is 5.75 Å². The van der Waals surface area contributed by atoms with Gasteiger partial charge in [0.15, 0.2) is 0 Å². The quantitative estimate of drug-likeness (QED) is 0.625. The van der Waals surface area contributed by atoms with E-state index in [1.54, 1.807) is 11.1 Å². The van der Waals surface area contributed by atoms with E-state index >= 15 is 0 Å². The third-order valence-corrected chi connectivity index (χ3v) is 10.1. The summed E-state index contributed by atoms with van der Waals surface area (Å²) >= 11 is 0. The Kier molecular flexibility index (Phi) is 5.55. The molecule has 0 bridgehead atoms. The average Bonchev–Trinajstić information content (AvgIpc) is 3.54. The van der Waals surface area contributed by atoms with Crippen LogP contribution in [-0.4, -0.2) is 55.2 Å². The fourth-order valence-corrected chi connectivity index (χ4v) is 8.57. The Balaban J connectivity index is 1.14. The van der Waals surface area contributed by atoms with Crippen LogP contribution in [0.25, 0.3) is 0 Å². The molecule has 4 fully saturated rings. The van der Waals surface area contributed by atoms with E-state index in [1.165, 1.54) is 90.4 Å². The van der Waals surface area contributed by atoms with Gasteiger partial charge in [0.05, 0.1) is 0 Å². The number of ether oxygens (including phenoxy) is 1. The van der Waals surface area contributed by atoms with Crippen molar-refractivity contribution in [3.05, 3.63) is 29.3 Å². The zero-order valence-corrected chi connectivity index (χ0v) is 19.7. The minimum absolute atomic E-state index is 0.571. The van der Waals surface area contributed by atoms with Crippen molar-refractivity contribution in [1.82, 2.24) is 9.80 Å². The Bertz CT molecular complexity index is 781. The van der Waals surface area contributed by atoms with Crippen LogP contribution in [0.15, 0.2) is 18.2 Å². The lowest BCUT2D eigenvalue weighted by atomic mass is 9.55. The Morgan fingerprint density at radius 3 is 2.61 bits per heavy atom. The van der Waals surface area contributed by atoms with Crippen molar-refractivity contribution >= 4 is 0 Å². The van der Waals surface area contributed by atoms with E-state index in [0.29, 0.717) is 5.41 Å². The minimum Gasteiger partial charge on any atom is -0.492 e. The van der Waals surface area contributed by atoms with Gasteiger partial charge < -0.3 is 4.74 Å². The molecule has 5 aliphatic rings. The number of fused-ring (bicyclic) bond motifs is 5. The Hall–Kier alpha value is -1.06. The molecule has 2 heterocycles. The second-order valence-corrected chi connectivity index (χ2v) is 11.6. The van der Waals surface area contributed by atoms with Gasteiger partial charge in [-0.1, -0.05) is 13.0 Å². The molecule has 0 spiro atoms. The number of nitrogens with zero attached hydrogens (tertiary/aromatic N) is 2. The summed E-state index contributed by atoms with van der Waals surface area (Å²) in [5.41, 5.74) is 3.84. The molecule has 2 saturated heterocycles. The van der Waals surface area contributed by atoms with Crippen molar-refractivity contribution in [2.45, 2.75) is 83.1 Å². The van der Waals surface area contributed by atoms with Crippen LogP contribution >= 0.6 is 0 Å². The molecule has 5 atom stereocenters. The largest absolute Gasteiger partial charge is 0.492 e. The summed E-state index contributed by atoms with van der Waals surface area (Å²) in [5, 5.41) is 0. The summed E-state index contributed by atoms with van der Waals surface area (Å²) in [4.78, 5) is 5.42. The van der Waals surface area contributed by atoms with Crippen LogP contribution in [0.1, 0.15) is 81.8 Å².